The molecule has 0 aromatic carbocycles. The Morgan fingerprint density at radius 3 is 3.00 bits per heavy atom. The molecule has 2 aliphatic rings. The van der Waals surface area contributed by atoms with Crippen LogP contribution in [0.2, 0.25) is 0 Å². The number of hydrogen-bond donors (Lipinski definition) is 2. The van der Waals surface area contributed by atoms with Crippen LogP contribution in [0.5, 0.6) is 0 Å². The Morgan fingerprint density at radius 1 is 1.38 bits per heavy atom. The molecule has 3 heterocycles. The Labute approximate surface area is 144 Å². The Kier molecular flexibility index (Phi) is 5.66. The Morgan fingerprint density at radius 2 is 2.25 bits per heavy atom. The largest absolute Gasteiger partial charge is 0.356 e. The number of carbonyl (C=O) groups is 1. The molecule has 0 aliphatic carbocycles. The first-order valence-corrected chi connectivity index (χ1v) is 9.26. The highest BCUT2D eigenvalue weighted by atomic mass is 16.2. The summed E-state index contributed by atoms with van der Waals surface area (Å²) in [6.07, 6.45) is 5.23. The average Bonchev–Trinajstić information content (AvgIpc) is 3.14. The molecule has 1 aromatic heterocycles. The number of amides is 1. The minimum absolute atomic E-state index is 0.0151. The maximum absolute atomic E-state index is 12.2. The highest BCUT2D eigenvalue weighted by molar-refractivity contribution is 5.82. The van der Waals surface area contributed by atoms with E-state index in [0.29, 0.717) is 5.92 Å². The molecule has 2 unspecified atom stereocenters. The third kappa shape index (κ3) is 4.23. The van der Waals surface area contributed by atoms with Crippen LogP contribution in [-0.4, -0.2) is 48.1 Å². The quantitative estimate of drug-likeness (QED) is 0.854. The van der Waals surface area contributed by atoms with Crippen molar-refractivity contribution in [2.45, 2.75) is 52.0 Å². The summed E-state index contributed by atoms with van der Waals surface area (Å²) in [5.41, 5.74) is 1.03. The van der Waals surface area contributed by atoms with Gasteiger partial charge in [-0.05, 0) is 45.1 Å². The van der Waals surface area contributed by atoms with Gasteiger partial charge in [-0.1, -0.05) is 6.92 Å². The van der Waals surface area contributed by atoms with Crippen molar-refractivity contribution in [3.63, 3.8) is 0 Å². The molecule has 0 bridgehead atoms. The van der Waals surface area contributed by atoms with E-state index in [1.807, 2.05) is 6.92 Å². The summed E-state index contributed by atoms with van der Waals surface area (Å²) in [7, 11) is 0. The summed E-state index contributed by atoms with van der Waals surface area (Å²) in [5.74, 6) is 2.60. The highest BCUT2D eigenvalue weighted by Crippen LogP contribution is 2.22. The van der Waals surface area contributed by atoms with E-state index in [1.54, 1.807) is 0 Å². The van der Waals surface area contributed by atoms with Gasteiger partial charge in [-0.3, -0.25) is 4.79 Å². The highest BCUT2D eigenvalue weighted by Gasteiger charge is 2.25. The number of anilines is 1. The number of hydrogen-bond acceptors (Lipinski definition) is 5. The normalized spacial score (nSPS) is 24.2. The summed E-state index contributed by atoms with van der Waals surface area (Å²) in [5, 5.41) is 6.40. The molecule has 24 heavy (non-hydrogen) atoms. The van der Waals surface area contributed by atoms with E-state index in [2.05, 4.69) is 38.5 Å². The van der Waals surface area contributed by atoms with E-state index in [1.165, 1.54) is 6.42 Å². The van der Waals surface area contributed by atoms with Crippen molar-refractivity contribution >= 4 is 11.7 Å². The summed E-state index contributed by atoms with van der Waals surface area (Å²) in [4.78, 5) is 23.7. The molecule has 6 nitrogen and oxygen atoms in total. The lowest BCUT2D eigenvalue weighted by Gasteiger charge is -2.34. The van der Waals surface area contributed by atoms with Crippen molar-refractivity contribution in [2.75, 3.05) is 31.1 Å². The molecular formula is C18H29N5O. The van der Waals surface area contributed by atoms with Gasteiger partial charge in [-0.2, -0.15) is 0 Å². The molecule has 0 radical (unpaired) electrons. The number of aryl methyl sites for hydroxylation is 2. The summed E-state index contributed by atoms with van der Waals surface area (Å²) in [6, 6.07) is 2.09. The molecule has 2 aliphatic heterocycles. The van der Waals surface area contributed by atoms with E-state index >= 15 is 0 Å². The van der Waals surface area contributed by atoms with Crippen LogP contribution in [0.25, 0.3) is 0 Å². The van der Waals surface area contributed by atoms with E-state index in [-0.39, 0.29) is 11.9 Å². The predicted octanol–water partition coefficient (Wildman–Crippen LogP) is 1.43. The maximum Gasteiger partial charge on any atom is 0.237 e. The third-order valence-electron chi connectivity index (χ3n) is 4.99. The van der Waals surface area contributed by atoms with Gasteiger partial charge in [-0.15, -0.1) is 0 Å². The van der Waals surface area contributed by atoms with Crippen LogP contribution in [0.1, 0.15) is 44.1 Å². The average molecular weight is 331 g/mol. The molecule has 6 heteroatoms. The zero-order chi connectivity index (χ0) is 16.9. The smallest absolute Gasteiger partial charge is 0.237 e. The van der Waals surface area contributed by atoms with Gasteiger partial charge < -0.3 is 15.5 Å². The van der Waals surface area contributed by atoms with Gasteiger partial charge >= 0.3 is 0 Å². The number of carbonyl (C=O) groups excluding carboxylic acids is 1. The van der Waals surface area contributed by atoms with Gasteiger partial charge in [0.1, 0.15) is 11.6 Å². The molecule has 1 amide bonds. The van der Waals surface area contributed by atoms with Crippen molar-refractivity contribution in [1.82, 2.24) is 20.6 Å². The molecule has 1 aromatic rings. The zero-order valence-electron chi connectivity index (χ0n) is 14.8. The van der Waals surface area contributed by atoms with Crippen molar-refractivity contribution in [2.24, 2.45) is 5.92 Å². The molecule has 2 N–H and O–H groups in total. The summed E-state index contributed by atoms with van der Waals surface area (Å²) >= 11 is 0. The number of nitrogens with one attached hydrogen (secondary N) is 2. The van der Waals surface area contributed by atoms with Gasteiger partial charge in [0, 0.05) is 37.8 Å². The molecular weight excluding hydrogens is 302 g/mol. The number of aromatic nitrogens is 2. The van der Waals surface area contributed by atoms with Crippen LogP contribution in [-0.2, 0) is 11.2 Å². The number of piperidine rings is 1. The van der Waals surface area contributed by atoms with Crippen molar-refractivity contribution in [1.29, 1.82) is 0 Å². The maximum atomic E-state index is 12.2. The minimum atomic E-state index is 0.0151. The van der Waals surface area contributed by atoms with E-state index in [9.17, 15) is 4.79 Å². The van der Waals surface area contributed by atoms with Gasteiger partial charge in [0.15, 0.2) is 0 Å². The van der Waals surface area contributed by atoms with E-state index in [4.69, 9.17) is 0 Å². The minimum Gasteiger partial charge on any atom is -0.356 e. The zero-order valence-corrected chi connectivity index (χ0v) is 14.8. The van der Waals surface area contributed by atoms with Gasteiger partial charge in [0.05, 0.1) is 6.04 Å². The molecule has 2 saturated heterocycles. The lowest BCUT2D eigenvalue weighted by atomic mass is 9.97. The summed E-state index contributed by atoms with van der Waals surface area (Å²) < 4.78 is 0. The topological polar surface area (TPSA) is 70.2 Å². The number of rotatable bonds is 5. The molecule has 2 fully saturated rings. The predicted molar refractivity (Wildman–Crippen MR) is 95.1 cm³/mol. The fourth-order valence-corrected chi connectivity index (χ4v) is 3.65. The second-order valence-corrected chi connectivity index (χ2v) is 6.99. The van der Waals surface area contributed by atoms with Crippen LogP contribution < -0.4 is 15.5 Å². The Bertz CT molecular complexity index is 571. The second-order valence-electron chi connectivity index (χ2n) is 6.99. The Hall–Kier alpha value is -1.69. The van der Waals surface area contributed by atoms with Crippen LogP contribution in [0.15, 0.2) is 6.07 Å². The van der Waals surface area contributed by atoms with Crippen molar-refractivity contribution in [3.8, 4) is 0 Å². The lowest BCUT2D eigenvalue weighted by Crippen LogP contribution is -2.45. The van der Waals surface area contributed by atoms with Crippen LogP contribution >= 0.6 is 0 Å². The van der Waals surface area contributed by atoms with Crippen molar-refractivity contribution < 1.29 is 4.79 Å². The van der Waals surface area contributed by atoms with Crippen LogP contribution in [0.4, 0.5) is 5.82 Å². The molecule has 2 atom stereocenters. The van der Waals surface area contributed by atoms with Gasteiger partial charge in [0.25, 0.3) is 0 Å². The lowest BCUT2D eigenvalue weighted by molar-refractivity contribution is -0.122. The molecule has 0 spiro atoms. The van der Waals surface area contributed by atoms with Crippen LogP contribution in [0.3, 0.4) is 0 Å². The molecule has 0 saturated carbocycles. The fraction of sp³-hybridized carbons (Fsp3) is 0.722. The molecule has 3 rings (SSSR count). The summed E-state index contributed by atoms with van der Waals surface area (Å²) in [6.45, 7) is 7.83. The van der Waals surface area contributed by atoms with Crippen molar-refractivity contribution in [3.05, 3.63) is 17.6 Å². The van der Waals surface area contributed by atoms with E-state index < -0.39 is 0 Å². The first-order valence-electron chi connectivity index (χ1n) is 9.26. The van der Waals surface area contributed by atoms with E-state index in [0.717, 1.165) is 69.2 Å². The SMILES string of the molecule is CCc1nc(C)cc(N2CCCC(CNC(=O)C3CCCN3)C2)n1. The standard InChI is InChI=1S/C18H29N5O/c1-3-16-21-13(2)10-17(22-16)23-9-5-6-14(12-23)11-20-18(24)15-7-4-8-19-15/h10,14-15,19H,3-9,11-12H2,1-2H3,(H,20,24). The molecule has 132 valence electrons. The first kappa shape index (κ1) is 17.1. The first-order chi connectivity index (χ1) is 11.7. The number of nitrogens with zero attached hydrogens (tertiary/aromatic N) is 3. The van der Waals surface area contributed by atoms with Crippen LogP contribution in [0, 0.1) is 12.8 Å². The monoisotopic (exact) mass is 331 g/mol. The van der Waals surface area contributed by atoms with Gasteiger partial charge in [0.2, 0.25) is 5.91 Å². The second kappa shape index (κ2) is 7.92. The fourth-order valence-electron chi connectivity index (χ4n) is 3.65. The third-order valence-corrected chi connectivity index (χ3v) is 4.99. The Balaban J connectivity index is 1.56. The van der Waals surface area contributed by atoms with Gasteiger partial charge in [-0.25, -0.2) is 9.97 Å².